The minimum absolute atomic E-state index is 0.00464. The van der Waals surface area contributed by atoms with E-state index in [1.54, 1.807) is 13.0 Å². The molecule has 0 radical (unpaired) electrons. The second kappa shape index (κ2) is 11.1. The zero-order chi connectivity index (χ0) is 24.9. The van der Waals surface area contributed by atoms with E-state index in [1.807, 2.05) is 20.8 Å². The van der Waals surface area contributed by atoms with Crippen LogP contribution in [0, 0.1) is 6.92 Å². The van der Waals surface area contributed by atoms with E-state index in [0.717, 1.165) is 12.8 Å². The molecule has 34 heavy (non-hydrogen) atoms. The Balaban J connectivity index is 2.22. The van der Waals surface area contributed by atoms with Crippen molar-refractivity contribution in [1.82, 2.24) is 23.9 Å². The van der Waals surface area contributed by atoms with Crippen molar-refractivity contribution >= 4 is 15.5 Å². The van der Waals surface area contributed by atoms with Gasteiger partial charge in [-0.2, -0.15) is 4.31 Å². The minimum Gasteiger partial charge on any atom is -0.493 e. The van der Waals surface area contributed by atoms with Gasteiger partial charge in [-0.15, -0.1) is 5.10 Å². The summed E-state index contributed by atoms with van der Waals surface area (Å²) in [6, 6.07) is 4.52. The third-order valence-corrected chi connectivity index (χ3v) is 7.24. The lowest BCUT2D eigenvalue weighted by atomic mass is 10.2. The van der Waals surface area contributed by atoms with Crippen LogP contribution < -0.4 is 10.3 Å². The van der Waals surface area contributed by atoms with Crippen LogP contribution in [0.1, 0.15) is 51.6 Å². The lowest BCUT2D eigenvalue weighted by Crippen LogP contribution is -2.34. The third kappa shape index (κ3) is 5.16. The molecule has 0 saturated carbocycles. The van der Waals surface area contributed by atoms with E-state index >= 15 is 0 Å². The summed E-state index contributed by atoms with van der Waals surface area (Å²) in [5.74, 6) is 1.28. The van der Waals surface area contributed by atoms with Crippen molar-refractivity contribution in [3.05, 3.63) is 40.1 Å². The van der Waals surface area contributed by atoms with Crippen molar-refractivity contribution in [2.24, 2.45) is 0 Å². The number of aliphatic hydroxyl groups excluding tert-OH is 1. The zero-order valence-electron chi connectivity index (χ0n) is 20.2. The number of aromatic nitrogens is 4. The predicted octanol–water partition coefficient (Wildman–Crippen LogP) is 2.53. The number of sulfonamides is 1. The molecule has 0 spiro atoms. The van der Waals surface area contributed by atoms with Gasteiger partial charge in [-0.1, -0.05) is 20.8 Å². The van der Waals surface area contributed by atoms with Gasteiger partial charge in [0.2, 0.25) is 10.0 Å². The lowest BCUT2D eigenvalue weighted by molar-refractivity contribution is 0.253. The molecule has 2 heterocycles. The normalized spacial score (nSPS) is 12.1. The number of fused-ring (bicyclic) bond motifs is 1. The van der Waals surface area contributed by atoms with Gasteiger partial charge < -0.3 is 14.8 Å². The Morgan fingerprint density at radius 2 is 1.91 bits per heavy atom. The zero-order valence-corrected chi connectivity index (χ0v) is 21.0. The van der Waals surface area contributed by atoms with Gasteiger partial charge in [0, 0.05) is 19.5 Å². The lowest BCUT2D eigenvalue weighted by Gasteiger charge is -2.21. The summed E-state index contributed by atoms with van der Waals surface area (Å²) in [5.41, 5.74) is 0.952. The van der Waals surface area contributed by atoms with Crippen molar-refractivity contribution in [2.45, 2.75) is 58.3 Å². The van der Waals surface area contributed by atoms with Gasteiger partial charge in [-0.3, -0.25) is 4.79 Å². The Kier molecular flexibility index (Phi) is 8.45. The van der Waals surface area contributed by atoms with E-state index in [0.29, 0.717) is 47.8 Å². The summed E-state index contributed by atoms with van der Waals surface area (Å²) < 4.78 is 35.3. The van der Waals surface area contributed by atoms with Crippen molar-refractivity contribution < 1.29 is 18.3 Å². The summed E-state index contributed by atoms with van der Waals surface area (Å²) in [4.78, 5) is 20.3. The summed E-state index contributed by atoms with van der Waals surface area (Å²) in [6.45, 7) is 8.03. The van der Waals surface area contributed by atoms with E-state index in [4.69, 9.17) is 4.74 Å². The average Bonchev–Trinajstić information content (AvgIpc) is 3.13. The number of ether oxygens (including phenoxy) is 1. The molecule has 2 N–H and O–H groups in total. The molecule has 0 bridgehead atoms. The van der Waals surface area contributed by atoms with Gasteiger partial charge in [-0.25, -0.2) is 17.9 Å². The average molecular weight is 492 g/mol. The molecule has 0 aliphatic carbocycles. The van der Waals surface area contributed by atoms with Crippen LogP contribution in [0.2, 0.25) is 0 Å². The van der Waals surface area contributed by atoms with Crippen LogP contribution in [0.4, 0.5) is 0 Å². The molecular formula is C23H33N5O5S. The molecule has 0 unspecified atom stereocenters. The molecule has 3 aromatic rings. The first kappa shape index (κ1) is 25.9. The van der Waals surface area contributed by atoms with Crippen LogP contribution >= 0.6 is 0 Å². The Morgan fingerprint density at radius 3 is 2.56 bits per heavy atom. The topological polar surface area (TPSA) is 130 Å². The Morgan fingerprint density at radius 1 is 1.15 bits per heavy atom. The predicted molar refractivity (Wildman–Crippen MR) is 130 cm³/mol. The molecule has 0 aliphatic heterocycles. The van der Waals surface area contributed by atoms with Crippen LogP contribution in [0.3, 0.4) is 0 Å². The third-order valence-electron chi connectivity index (χ3n) is 5.34. The van der Waals surface area contributed by atoms with Crippen molar-refractivity contribution in [2.75, 3.05) is 26.3 Å². The van der Waals surface area contributed by atoms with Gasteiger partial charge in [-0.05, 0) is 44.4 Å². The molecule has 2 aromatic heterocycles. The van der Waals surface area contributed by atoms with Gasteiger partial charge >= 0.3 is 0 Å². The molecule has 0 saturated heterocycles. The van der Waals surface area contributed by atoms with E-state index in [9.17, 15) is 18.3 Å². The summed E-state index contributed by atoms with van der Waals surface area (Å²) >= 11 is 0. The molecular weight excluding hydrogens is 458 g/mol. The molecule has 11 heteroatoms. The second-order valence-electron chi connectivity index (χ2n) is 8.06. The first-order valence-corrected chi connectivity index (χ1v) is 13.1. The largest absolute Gasteiger partial charge is 0.493 e. The first-order valence-electron chi connectivity index (χ1n) is 11.6. The molecule has 1 aromatic carbocycles. The summed E-state index contributed by atoms with van der Waals surface area (Å²) in [7, 11) is -3.88. The van der Waals surface area contributed by atoms with E-state index < -0.39 is 10.0 Å². The maximum absolute atomic E-state index is 13.3. The number of nitrogens with one attached hydrogen (secondary N) is 1. The highest BCUT2D eigenvalue weighted by Crippen LogP contribution is 2.31. The van der Waals surface area contributed by atoms with Crippen molar-refractivity contribution in [3.8, 4) is 17.1 Å². The fourth-order valence-electron chi connectivity index (χ4n) is 3.80. The van der Waals surface area contributed by atoms with Crippen LogP contribution in [0.5, 0.6) is 5.75 Å². The minimum atomic E-state index is -3.88. The smallest absolute Gasteiger partial charge is 0.277 e. The number of aliphatic hydroxyl groups is 1. The van der Waals surface area contributed by atoms with Gasteiger partial charge in [0.1, 0.15) is 11.6 Å². The highest BCUT2D eigenvalue weighted by atomic mass is 32.2. The van der Waals surface area contributed by atoms with Crippen molar-refractivity contribution in [1.29, 1.82) is 0 Å². The molecule has 0 amide bonds. The molecule has 0 atom stereocenters. The number of aromatic amines is 1. The van der Waals surface area contributed by atoms with Crippen molar-refractivity contribution in [3.63, 3.8) is 0 Å². The Hall–Kier alpha value is -2.76. The summed E-state index contributed by atoms with van der Waals surface area (Å²) in [5, 5.41) is 14.0. The molecule has 0 aliphatic rings. The highest BCUT2D eigenvalue weighted by molar-refractivity contribution is 7.89. The van der Waals surface area contributed by atoms with Crippen LogP contribution in [-0.4, -0.2) is 63.7 Å². The van der Waals surface area contributed by atoms with E-state index in [1.165, 1.54) is 21.0 Å². The second-order valence-corrected chi connectivity index (χ2v) is 10.00. The summed E-state index contributed by atoms with van der Waals surface area (Å²) in [6.07, 6.45) is 2.84. The number of aryl methyl sites for hydroxylation is 2. The molecule has 186 valence electrons. The fraction of sp³-hybridized carbons (Fsp3) is 0.522. The van der Waals surface area contributed by atoms with Crippen LogP contribution in [-0.2, 0) is 16.4 Å². The SMILES string of the molecule is CCCOc1ccc(S(=O)(=O)N(CCC)CCO)cc1-c1nn2c(CCC)nc(C)c2c(=O)[nH]1. The number of benzene rings is 1. The highest BCUT2D eigenvalue weighted by Gasteiger charge is 2.26. The number of hydrogen-bond donors (Lipinski definition) is 2. The molecule has 10 nitrogen and oxygen atoms in total. The van der Waals surface area contributed by atoms with Crippen LogP contribution in [0.15, 0.2) is 27.9 Å². The number of nitrogens with zero attached hydrogens (tertiary/aromatic N) is 4. The van der Waals surface area contributed by atoms with Crippen LogP contribution in [0.25, 0.3) is 16.9 Å². The fourth-order valence-corrected chi connectivity index (χ4v) is 5.35. The maximum Gasteiger partial charge on any atom is 0.277 e. The monoisotopic (exact) mass is 491 g/mol. The number of rotatable bonds is 12. The standard InChI is InChI=1S/C23H33N5O5S/c1-5-8-20-24-16(4)21-23(30)25-22(26-28(20)21)18-15-17(9-10-19(18)33-14-7-3)34(31,32)27(11-6-2)12-13-29/h9-10,15,29H,5-8,11-14H2,1-4H3,(H,25,26,30). The number of imidazole rings is 1. The number of hydrogen-bond acceptors (Lipinski definition) is 7. The number of H-pyrrole nitrogens is 1. The first-order chi connectivity index (χ1) is 16.3. The Bertz CT molecular complexity index is 1290. The van der Waals surface area contributed by atoms with Gasteiger partial charge in [0.25, 0.3) is 5.56 Å². The maximum atomic E-state index is 13.3. The van der Waals surface area contributed by atoms with E-state index in [2.05, 4.69) is 15.1 Å². The Labute approximate surface area is 199 Å². The quantitative estimate of drug-likeness (QED) is 0.398. The van der Waals surface area contributed by atoms with E-state index in [-0.39, 0.29) is 36.0 Å². The van der Waals surface area contributed by atoms with Gasteiger partial charge in [0.05, 0.1) is 29.4 Å². The van der Waals surface area contributed by atoms with Gasteiger partial charge in [0.15, 0.2) is 11.3 Å². The molecule has 0 fully saturated rings. The molecule has 3 rings (SSSR count).